The number of aromatic nitrogens is 1. The lowest BCUT2D eigenvalue weighted by Crippen LogP contribution is -2.24. The van der Waals surface area contributed by atoms with Gasteiger partial charge in [-0.25, -0.2) is 0 Å². The van der Waals surface area contributed by atoms with E-state index in [0.29, 0.717) is 5.69 Å². The summed E-state index contributed by atoms with van der Waals surface area (Å²) in [4.78, 5) is 23.8. The zero-order chi connectivity index (χ0) is 19.3. The highest BCUT2D eigenvalue weighted by molar-refractivity contribution is 5.91. The Balaban J connectivity index is 2.06. The van der Waals surface area contributed by atoms with Crippen LogP contribution in [0.2, 0.25) is 0 Å². The summed E-state index contributed by atoms with van der Waals surface area (Å²) in [5.74, 6) is -0.763. The summed E-state index contributed by atoms with van der Waals surface area (Å²) in [6.45, 7) is 1.16. The third-order valence-corrected chi connectivity index (χ3v) is 3.55. The number of rotatable bonds is 6. The van der Waals surface area contributed by atoms with E-state index in [2.05, 4.69) is 5.32 Å². The second kappa shape index (κ2) is 8.05. The average Bonchev–Trinajstić information content (AvgIpc) is 2.57. The number of amides is 1. The number of benzene rings is 1. The van der Waals surface area contributed by atoms with E-state index in [1.165, 1.54) is 24.4 Å². The van der Waals surface area contributed by atoms with Crippen molar-refractivity contribution < 1.29 is 27.8 Å². The van der Waals surface area contributed by atoms with Gasteiger partial charge in [0, 0.05) is 24.5 Å². The molecule has 0 saturated carbocycles. The first-order valence-electron chi connectivity index (χ1n) is 7.63. The van der Waals surface area contributed by atoms with Crippen molar-refractivity contribution in [2.45, 2.75) is 19.6 Å². The van der Waals surface area contributed by atoms with E-state index < -0.39 is 29.7 Å². The summed E-state index contributed by atoms with van der Waals surface area (Å²) in [6.07, 6.45) is -3.03. The van der Waals surface area contributed by atoms with E-state index in [4.69, 9.17) is 9.84 Å². The molecule has 0 aliphatic carbocycles. The number of anilines is 1. The van der Waals surface area contributed by atoms with Gasteiger partial charge in [-0.2, -0.15) is 13.2 Å². The van der Waals surface area contributed by atoms with E-state index in [9.17, 15) is 22.8 Å². The Morgan fingerprint density at radius 1 is 1.31 bits per heavy atom. The maximum absolute atomic E-state index is 12.7. The smallest absolute Gasteiger partial charge is 0.416 e. The largest absolute Gasteiger partial charge is 0.478 e. The van der Waals surface area contributed by atoms with Crippen LogP contribution in [0.5, 0.6) is 5.75 Å². The quantitative estimate of drug-likeness (QED) is 0.817. The third kappa shape index (κ3) is 4.85. The van der Waals surface area contributed by atoms with Gasteiger partial charge >= 0.3 is 6.18 Å². The fourth-order valence-electron chi connectivity index (χ4n) is 2.29. The molecule has 9 heteroatoms. The molecule has 1 aromatic heterocycles. The molecule has 0 radical (unpaired) electrons. The molecule has 0 fully saturated rings. The zero-order valence-electron chi connectivity index (χ0n) is 13.8. The molecule has 2 N–H and O–H groups in total. The van der Waals surface area contributed by atoms with Crippen LogP contribution in [0.25, 0.3) is 0 Å². The number of carbonyl (C=O) groups is 1. The van der Waals surface area contributed by atoms with Crippen molar-refractivity contribution in [2.24, 2.45) is 0 Å². The minimum Gasteiger partial charge on any atom is -0.478 e. The molecular weight excluding hydrogens is 353 g/mol. The van der Waals surface area contributed by atoms with Crippen molar-refractivity contribution in [3.8, 4) is 5.75 Å². The van der Waals surface area contributed by atoms with Gasteiger partial charge in [0.05, 0.1) is 17.9 Å². The number of pyridine rings is 1. The zero-order valence-corrected chi connectivity index (χ0v) is 13.8. The minimum absolute atomic E-state index is 0.0316. The number of ether oxygens (including phenoxy) is 1. The predicted octanol–water partition coefficient (Wildman–Crippen LogP) is 2.19. The topological polar surface area (TPSA) is 80.6 Å². The molecule has 2 aromatic rings. The summed E-state index contributed by atoms with van der Waals surface area (Å²) in [5.41, 5.74) is -0.931. The van der Waals surface area contributed by atoms with Gasteiger partial charge in [0.25, 0.3) is 5.91 Å². The number of aliphatic hydroxyl groups is 1. The summed E-state index contributed by atoms with van der Waals surface area (Å²) >= 11 is 0. The lowest BCUT2D eigenvalue weighted by atomic mass is 10.2. The van der Waals surface area contributed by atoms with Crippen LogP contribution >= 0.6 is 0 Å². The second-order valence-electron chi connectivity index (χ2n) is 5.43. The van der Waals surface area contributed by atoms with Gasteiger partial charge in [-0.15, -0.1) is 0 Å². The minimum atomic E-state index is -4.52. The predicted molar refractivity (Wildman–Crippen MR) is 88.1 cm³/mol. The average molecular weight is 370 g/mol. The molecule has 6 nitrogen and oxygen atoms in total. The fraction of sp³-hybridized carbons (Fsp3) is 0.294. The highest BCUT2D eigenvalue weighted by Gasteiger charge is 2.30. The lowest BCUT2D eigenvalue weighted by Gasteiger charge is -2.14. The SMILES string of the molecule is Cc1c(OCC(=O)Nc2cccc(C(F)(F)F)c2)c(=O)ccn1CCO. The Hall–Kier alpha value is -2.81. The number of alkyl halides is 3. The van der Waals surface area contributed by atoms with Gasteiger partial charge < -0.3 is 19.7 Å². The van der Waals surface area contributed by atoms with Crippen LogP contribution in [0.1, 0.15) is 11.3 Å². The van der Waals surface area contributed by atoms with Crippen LogP contribution in [0, 0.1) is 6.92 Å². The van der Waals surface area contributed by atoms with E-state index in [1.54, 1.807) is 11.5 Å². The lowest BCUT2D eigenvalue weighted by molar-refractivity contribution is -0.137. The molecule has 1 amide bonds. The normalized spacial score (nSPS) is 11.3. The van der Waals surface area contributed by atoms with Crippen molar-refractivity contribution in [2.75, 3.05) is 18.5 Å². The monoisotopic (exact) mass is 370 g/mol. The molecule has 0 unspecified atom stereocenters. The van der Waals surface area contributed by atoms with Crippen molar-refractivity contribution >= 4 is 11.6 Å². The Kier molecular flexibility index (Phi) is 6.04. The van der Waals surface area contributed by atoms with Crippen molar-refractivity contribution in [1.29, 1.82) is 0 Å². The molecule has 0 saturated heterocycles. The maximum atomic E-state index is 12.7. The molecule has 0 spiro atoms. The van der Waals surface area contributed by atoms with Gasteiger partial charge in [-0.05, 0) is 25.1 Å². The van der Waals surface area contributed by atoms with Crippen LogP contribution < -0.4 is 15.5 Å². The molecule has 0 bridgehead atoms. The molecule has 26 heavy (non-hydrogen) atoms. The number of nitrogens with one attached hydrogen (secondary N) is 1. The first kappa shape index (κ1) is 19.5. The van der Waals surface area contributed by atoms with Crippen molar-refractivity contribution in [3.63, 3.8) is 0 Å². The van der Waals surface area contributed by atoms with Gasteiger partial charge in [-0.1, -0.05) is 6.07 Å². The Morgan fingerprint density at radius 3 is 2.69 bits per heavy atom. The number of carbonyl (C=O) groups excluding carboxylic acids is 1. The molecular formula is C17H17F3N2O4. The molecule has 2 rings (SSSR count). The van der Waals surface area contributed by atoms with E-state index in [1.807, 2.05) is 0 Å². The van der Waals surface area contributed by atoms with Crippen LogP contribution in [-0.4, -0.2) is 28.8 Å². The number of hydrogen-bond acceptors (Lipinski definition) is 4. The van der Waals surface area contributed by atoms with Gasteiger partial charge in [0.15, 0.2) is 12.4 Å². The summed E-state index contributed by atoms with van der Waals surface area (Å²) in [7, 11) is 0. The van der Waals surface area contributed by atoms with Gasteiger partial charge in [-0.3, -0.25) is 9.59 Å². The number of nitrogens with zero attached hydrogens (tertiary/aromatic N) is 1. The Labute approximate surface area is 146 Å². The first-order chi connectivity index (χ1) is 12.2. The third-order valence-electron chi connectivity index (χ3n) is 3.55. The second-order valence-corrected chi connectivity index (χ2v) is 5.43. The molecule has 140 valence electrons. The Morgan fingerprint density at radius 2 is 2.04 bits per heavy atom. The van der Waals surface area contributed by atoms with Crippen LogP contribution in [0.4, 0.5) is 18.9 Å². The van der Waals surface area contributed by atoms with E-state index >= 15 is 0 Å². The highest BCUT2D eigenvalue weighted by Crippen LogP contribution is 2.30. The van der Waals surface area contributed by atoms with Crippen LogP contribution in [-0.2, 0) is 17.5 Å². The molecule has 0 aliphatic rings. The maximum Gasteiger partial charge on any atom is 0.416 e. The standard InChI is InChI=1S/C17H17F3N2O4/c1-11-16(14(24)5-6-22(11)7-8-23)26-10-15(25)21-13-4-2-3-12(9-13)17(18,19)20/h2-6,9,23H,7-8,10H2,1H3,(H,21,25). The first-order valence-corrected chi connectivity index (χ1v) is 7.63. The summed E-state index contributed by atoms with van der Waals surface area (Å²) in [6, 6.07) is 5.43. The number of halogens is 3. The van der Waals surface area contributed by atoms with Crippen LogP contribution in [0.3, 0.4) is 0 Å². The molecule has 1 heterocycles. The van der Waals surface area contributed by atoms with Crippen molar-refractivity contribution in [1.82, 2.24) is 4.57 Å². The van der Waals surface area contributed by atoms with Gasteiger partial charge in [0.1, 0.15) is 0 Å². The van der Waals surface area contributed by atoms with Gasteiger partial charge in [0.2, 0.25) is 5.43 Å². The Bertz CT molecular complexity index is 847. The van der Waals surface area contributed by atoms with E-state index in [-0.39, 0.29) is 24.6 Å². The number of hydrogen-bond donors (Lipinski definition) is 2. The number of aliphatic hydroxyl groups excluding tert-OH is 1. The molecule has 0 atom stereocenters. The molecule has 0 aliphatic heterocycles. The van der Waals surface area contributed by atoms with Crippen molar-refractivity contribution in [3.05, 3.63) is 58.0 Å². The van der Waals surface area contributed by atoms with E-state index in [0.717, 1.165) is 12.1 Å². The highest BCUT2D eigenvalue weighted by atomic mass is 19.4. The fourth-order valence-corrected chi connectivity index (χ4v) is 2.29. The summed E-state index contributed by atoms with van der Waals surface area (Å²) in [5, 5.41) is 11.3. The molecule has 1 aromatic carbocycles. The summed E-state index contributed by atoms with van der Waals surface area (Å²) < 4.78 is 44.8. The van der Waals surface area contributed by atoms with Crippen LogP contribution in [0.15, 0.2) is 41.3 Å².